The first kappa shape index (κ1) is 14.8. The predicted octanol–water partition coefficient (Wildman–Crippen LogP) is 3.17. The van der Waals surface area contributed by atoms with Crippen molar-refractivity contribution < 1.29 is 4.79 Å². The van der Waals surface area contributed by atoms with Gasteiger partial charge in [-0.3, -0.25) is 4.79 Å². The first-order valence-corrected chi connectivity index (χ1v) is 7.67. The molecule has 1 unspecified atom stereocenters. The Morgan fingerprint density at radius 2 is 2.25 bits per heavy atom. The van der Waals surface area contributed by atoms with Crippen molar-refractivity contribution in [2.45, 2.75) is 39.0 Å². The van der Waals surface area contributed by atoms with Crippen LogP contribution in [0.25, 0.3) is 0 Å². The highest BCUT2D eigenvalue weighted by Gasteiger charge is 2.21. The summed E-state index contributed by atoms with van der Waals surface area (Å²) in [5.41, 5.74) is 1.48. The van der Waals surface area contributed by atoms with E-state index in [1.165, 1.54) is 19.3 Å². The van der Waals surface area contributed by atoms with Crippen LogP contribution in [0.15, 0.2) is 18.3 Å². The molecule has 110 valence electrons. The maximum atomic E-state index is 12.5. The topological polar surface area (TPSA) is 45.2 Å². The molecule has 0 aromatic carbocycles. The monoisotopic (exact) mass is 275 g/mol. The van der Waals surface area contributed by atoms with Crippen molar-refractivity contribution in [2.75, 3.05) is 25.5 Å². The normalized spacial score (nSPS) is 19.5. The average Bonchev–Trinajstić information content (AvgIpc) is 2.73. The van der Waals surface area contributed by atoms with Crippen LogP contribution in [0.3, 0.4) is 0 Å². The number of carbonyl (C=O) groups is 1. The van der Waals surface area contributed by atoms with Gasteiger partial charge < -0.3 is 10.2 Å². The molecule has 4 heteroatoms. The van der Waals surface area contributed by atoms with Crippen LogP contribution >= 0.6 is 0 Å². The summed E-state index contributed by atoms with van der Waals surface area (Å²) in [4.78, 5) is 18.7. The number of hydrogen-bond donors (Lipinski definition) is 1. The van der Waals surface area contributed by atoms with Gasteiger partial charge in [0.2, 0.25) is 0 Å². The number of rotatable bonds is 4. The highest BCUT2D eigenvalue weighted by atomic mass is 16.2. The minimum Gasteiger partial charge on any atom is -0.387 e. The molecule has 0 aliphatic carbocycles. The van der Waals surface area contributed by atoms with Gasteiger partial charge in [0.05, 0.1) is 11.9 Å². The molecular weight excluding hydrogens is 250 g/mol. The number of aromatic nitrogens is 1. The minimum atomic E-state index is 0.0739. The van der Waals surface area contributed by atoms with Gasteiger partial charge in [0, 0.05) is 20.1 Å². The van der Waals surface area contributed by atoms with E-state index in [0.717, 1.165) is 37.5 Å². The highest BCUT2D eigenvalue weighted by molar-refractivity contribution is 5.92. The fourth-order valence-corrected chi connectivity index (χ4v) is 2.90. The third kappa shape index (κ3) is 3.71. The molecule has 0 saturated carbocycles. The number of anilines is 1. The summed E-state index contributed by atoms with van der Waals surface area (Å²) in [6, 6.07) is 3.71. The van der Waals surface area contributed by atoms with Gasteiger partial charge in [0.15, 0.2) is 0 Å². The molecule has 0 spiro atoms. The third-order valence-corrected chi connectivity index (χ3v) is 4.10. The van der Waals surface area contributed by atoms with E-state index in [1.807, 2.05) is 24.1 Å². The molecular formula is C16H25N3O. The van der Waals surface area contributed by atoms with E-state index in [2.05, 4.69) is 17.2 Å². The van der Waals surface area contributed by atoms with Crippen molar-refractivity contribution in [3.63, 3.8) is 0 Å². The second-order valence-electron chi connectivity index (χ2n) is 5.56. The molecule has 0 radical (unpaired) electrons. The van der Waals surface area contributed by atoms with Crippen LogP contribution in [0.2, 0.25) is 0 Å². The van der Waals surface area contributed by atoms with E-state index >= 15 is 0 Å². The third-order valence-electron chi connectivity index (χ3n) is 4.10. The lowest BCUT2D eigenvalue weighted by atomic mass is 9.96. The molecule has 20 heavy (non-hydrogen) atoms. The number of amides is 1. The van der Waals surface area contributed by atoms with E-state index in [9.17, 15) is 4.79 Å². The van der Waals surface area contributed by atoms with Crippen LogP contribution in [-0.4, -0.2) is 35.9 Å². The van der Waals surface area contributed by atoms with E-state index in [1.54, 1.807) is 6.20 Å². The lowest BCUT2D eigenvalue weighted by Gasteiger charge is -2.20. The summed E-state index contributed by atoms with van der Waals surface area (Å²) in [7, 11) is 1.85. The van der Waals surface area contributed by atoms with Crippen molar-refractivity contribution in [3.8, 4) is 0 Å². The smallest absolute Gasteiger partial charge is 0.272 e. The quantitative estimate of drug-likeness (QED) is 0.918. The molecule has 1 amide bonds. The second-order valence-corrected chi connectivity index (χ2v) is 5.56. The standard InChI is InChI=1S/C16H25N3O/c1-3-5-13-6-4-10-19(11-9-13)16(20)15-8-7-14(17-2)12-18-15/h7-8,12-13,17H,3-6,9-11H2,1-2H3. The molecule has 1 aromatic rings. The zero-order valence-electron chi connectivity index (χ0n) is 12.6. The maximum Gasteiger partial charge on any atom is 0.272 e. The number of likely N-dealkylation sites (tertiary alicyclic amines) is 1. The molecule has 1 aliphatic heterocycles. The van der Waals surface area contributed by atoms with Gasteiger partial charge >= 0.3 is 0 Å². The fourth-order valence-electron chi connectivity index (χ4n) is 2.90. The SMILES string of the molecule is CCCC1CCCN(C(=O)c2ccc(NC)cn2)CC1. The fraction of sp³-hybridized carbons (Fsp3) is 0.625. The lowest BCUT2D eigenvalue weighted by molar-refractivity contribution is 0.0754. The Balaban J connectivity index is 1.97. The average molecular weight is 275 g/mol. The summed E-state index contributed by atoms with van der Waals surface area (Å²) < 4.78 is 0. The molecule has 2 heterocycles. The van der Waals surface area contributed by atoms with Crippen molar-refractivity contribution in [3.05, 3.63) is 24.0 Å². The van der Waals surface area contributed by atoms with Gasteiger partial charge in [-0.15, -0.1) is 0 Å². The van der Waals surface area contributed by atoms with Crippen LogP contribution in [0.5, 0.6) is 0 Å². The van der Waals surface area contributed by atoms with Crippen LogP contribution in [0.1, 0.15) is 49.5 Å². The molecule has 1 aliphatic rings. The van der Waals surface area contributed by atoms with Crippen LogP contribution < -0.4 is 5.32 Å². The Labute approximate surface area is 121 Å². The molecule has 4 nitrogen and oxygen atoms in total. The number of nitrogens with one attached hydrogen (secondary N) is 1. The zero-order valence-corrected chi connectivity index (χ0v) is 12.6. The molecule has 2 rings (SSSR count). The number of hydrogen-bond acceptors (Lipinski definition) is 3. The van der Waals surface area contributed by atoms with Crippen molar-refractivity contribution in [2.24, 2.45) is 5.92 Å². The van der Waals surface area contributed by atoms with E-state index in [-0.39, 0.29) is 5.91 Å². The van der Waals surface area contributed by atoms with Gasteiger partial charge in [-0.25, -0.2) is 4.98 Å². The number of pyridine rings is 1. The lowest BCUT2D eigenvalue weighted by Crippen LogP contribution is -2.32. The second kappa shape index (κ2) is 7.27. The molecule has 1 saturated heterocycles. The molecule has 1 fully saturated rings. The first-order chi connectivity index (χ1) is 9.74. The van der Waals surface area contributed by atoms with Gasteiger partial charge in [0.25, 0.3) is 5.91 Å². The first-order valence-electron chi connectivity index (χ1n) is 7.67. The maximum absolute atomic E-state index is 12.5. The van der Waals surface area contributed by atoms with E-state index in [0.29, 0.717) is 5.69 Å². The van der Waals surface area contributed by atoms with Gasteiger partial charge in [-0.2, -0.15) is 0 Å². The van der Waals surface area contributed by atoms with Crippen LogP contribution in [-0.2, 0) is 0 Å². The molecule has 1 aromatic heterocycles. The predicted molar refractivity (Wildman–Crippen MR) is 81.9 cm³/mol. The summed E-state index contributed by atoms with van der Waals surface area (Å²) in [6.07, 6.45) is 7.75. The van der Waals surface area contributed by atoms with Gasteiger partial charge in [0.1, 0.15) is 5.69 Å². The van der Waals surface area contributed by atoms with Gasteiger partial charge in [-0.05, 0) is 37.3 Å². The molecule has 1 atom stereocenters. The Hall–Kier alpha value is -1.58. The summed E-state index contributed by atoms with van der Waals surface area (Å²) >= 11 is 0. The van der Waals surface area contributed by atoms with Crippen molar-refractivity contribution in [1.82, 2.24) is 9.88 Å². The summed E-state index contributed by atoms with van der Waals surface area (Å²) in [5.74, 6) is 0.863. The summed E-state index contributed by atoms with van der Waals surface area (Å²) in [5, 5.41) is 3.02. The van der Waals surface area contributed by atoms with Gasteiger partial charge in [-0.1, -0.05) is 19.8 Å². The Bertz CT molecular complexity index is 430. The van der Waals surface area contributed by atoms with Crippen molar-refractivity contribution in [1.29, 1.82) is 0 Å². The Kier molecular flexibility index (Phi) is 5.39. The minimum absolute atomic E-state index is 0.0739. The van der Waals surface area contributed by atoms with Crippen molar-refractivity contribution >= 4 is 11.6 Å². The highest BCUT2D eigenvalue weighted by Crippen LogP contribution is 2.22. The summed E-state index contributed by atoms with van der Waals surface area (Å²) in [6.45, 7) is 3.98. The Morgan fingerprint density at radius 3 is 2.90 bits per heavy atom. The number of carbonyl (C=O) groups excluding carboxylic acids is 1. The van der Waals surface area contributed by atoms with E-state index < -0.39 is 0 Å². The largest absolute Gasteiger partial charge is 0.387 e. The van der Waals surface area contributed by atoms with E-state index in [4.69, 9.17) is 0 Å². The molecule has 1 N–H and O–H groups in total. The van der Waals surface area contributed by atoms with Crippen LogP contribution in [0, 0.1) is 5.92 Å². The molecule has 0 bridgehead atoms. The van der Waals surface area contributed by atoms with Crippen LogP contribution in [0.4, 0.5) is 5.69 Å². The number of nitrogens with zero attached hydrogens (tertiary/aromatic N) is 2. The zero-order chi connectivity index (χ0) is 14.4. The Morgan fingerprint density at radius 1 is 1.40 bits per heavy atom.